The molecule has 4 nitrogen and oxygen atoms in total. The van der Waals surface area contributed by atoms with Gasteiger partial charge in [-0.3, -0.25) is 9.78 Å². The molecule has 0 atom stereocenters. The number of carbonyl (C=O) groups excluding carboxylic acids is 1. The second kappa shape index (κ2) is 5.31. The molecule has 0 radical (unpaired) electrons. The monoisotopic (exact) mass is 242 g/mol. The van der Waals surface area contributed by atoms with Gasteiger partial charge in [0.1, 0.15) is 5.75 Å². The van der Waals surface area contributed by atoms with E-state index in [-0.39, 0.29) is 11.7 Å². The lowest BCUT2D eigenvalue weighted by atomic mass is 10.1. The zero-order valence-electron chi connectivity index (χ0n) is 10.1. The fourth-order valence-electron chi connectivity index (χ4n) is 1.66. The van der Waals surface area contributed by atoms with E-state index < -0.39 is 0 Å². The van der Waals surface area contributed by atoms with Crippen LogP contribution in [0.1, 0.15) is 21.6 Å². The molecular formula is C14H14N2O2. The van der Waals surface area contributed by atoms with E-state index in [0.717, 1.165) is 0 Å². The fourth-order valence-corrected chi connectivity index (χ4v) is 1.66. The van der Waals surface area contributed by atoms with E-state index in [1.165, 1.54) is 0 Å². The summed E-state index contributed by atoms with van der Waals surface area (Å²) in [6, 6.07) is 10.4. The zero-order valence-corrected chi connectivity index (χ0v) is 10.1. The number of phenolic OH excluding ortho intramolecular Hbond substituents is 1. The van der Waals surface area contributed by atoms with E-state index in [4.69, 9.17) is 0 Å². The molecule has 1 heterocycles. The highest BCUT2D eigenvalue weighted by Crippen LogP contribution is 2.15. The number of nitrogens with zero attached hydrogens (tertiary/aromatic N) is 1. The van der Waals surface area contributed by atoms with Crippen molar-refractivity contribution in [2.75, 3.05) is 0 Å². The molecule has 0 fully saturated rings. The van der Waals surface area contributed by atoms with E-state index in [9.17, 15) is 9.90 Å². The van der Waals surface area contributed by atoms with Gasteiger partial charge < -0.3 is 10.4 Å². The van der Waals surface area contributed by atoms with Gasteiger partial charge in [-0.1, -0.05) is 18.2 Å². The Bertz CT molecular complexity index is 567. The lowest BCUT2D eigenvalue weighted by Crippen LogP contribution is -2.23. The number of hydrogen-bond donors (Lipinski definition) is 2. The molecule has 92 valence electrons. The predicted molar refractivity (Wildman–Crippen MR) is 68.3 cm³/mol. The van der Waals surface area contributed by atoms with Gasteiger partial charge in [-0.25, -0.2) is 0 Å². The van der Waals surface area contributed by atoms with Crippen LogP contribution in [0.15, 0.2) is 42.6 Å². The first kappa shape index (κ1) is 12.1. The number of para-hydroxylation sites is 1. The Kier molecular flexibility index (Phi) is 3.57. The number of rotatable bonds is 3. The standard InChI is InChI=1S/C14H14N2O2/c1-10-12(6-4-8-15-10)14(18)16-9-11-5-2-3-7-13(11)17/h2-8,17H,9H2,1H3,(H,16,18). The van der Waals surface area contributed by atoms with Crippen LogP contribution in [0.2, 0.25) is 0 Å². The van der Waals surface area contributed by atoms with E-state index in [0.29, 0.717) is 23.4 Å². The molecule has 18 heavy (non-hydrogen) atoms. The Morgan fingerprint density at radius 2 is 2.06 bits per heavy atom. The van der Waals surface area contributed by atoms with Crippen molar-refractivity contribution in [3.05, 3.63) is 59.4 Å². The molecule has 0 aliphatic carbocycles. The number of phenols is 1. The molecule has 2 aromatic rings. The molecule has 2 N–H and O–H groups in total. The first-order valence-electron chi connectivity index (χ1n) is 5.65. The molecule has 0 saturated carbocycles. The van der Waals surface area contributed by atoms with Gasteiger partial charge in [0.05, 0.1) is 5.56 Å². The highest BCUT2D eigenvalue weighted by molar-refractivity contribution is 5.95. The van der Waals surface area contributed by atoms with Crippen molar-refractivity contribution < 1.29 is 9.90 Å². The van der Waals surface area contributed by atoms with Gasteiger partial charge in [0.15, 0.2) is 0 Å². The van der Waals surface area contributed by atoms with Gasteiger partial charge in [0.25, 0.3) is 5.91 Å². The maximum absolute atomic E-state index is 11.9. The van der Waals surface area contributed by atoms with Crippen molar-refractivity contribution in [3.63, 3.8) is 0 Å². The maximum atomic E-state index is 11.9. The van der Waals surface area contributed by atoms with Gasteiger partial charge in [-0.15, -0.1) is 0 Å². The number of pyridine rings is 1. The summed E-state index contributed by atoms with van der Waals surface area (Å²) >= 11 is 0. The van der Waals surface area contributed by atoms with E-state index in [2.05, 4.69) is 10.3 Å². The number of aromatic nitrogens is 1. The first-order valence-corrected chi connectivity index (χ1v) is 5.65. The summed E-state index contributed by atoms with van der Waals surface area (Å²) in [5, 5.41) is 12.3. The summed E-state index contributed by atoms with van der Waals surface area (Å²) in [5.41, 5.74) is 1.92. The minimum absolute atomic E-state index is 0.181. The van der Waals surface area contributed by atoms with Crippen LogP contribution in [0.3, 0.4) is 0 Å². The number of benzene rings is 1. The minimum Gasteiger partial charge on any atom is -0.508 e. The molecule has 0 aliphatic heterocycles. The largest absolute Gasteiger partial charge is 0.508 e. The third-order valence-electron chi connectivity index (χ3n) is 2.68. The molecule has 1 aromatic heterocycles. The van der Waals surface area contributed by atoms with Crippen LogP contribution in [0.5, 0.6) is 5.75 Å². The van der Waals surface area contributed by atoms with Gasteiger partial charge in [-0.2, -0.15) is 0 Å². The van der Waals surface area contributed by atoms with Crippen LogP contribution >= 0.6 is 0 Å². The predicted octanol–water partition coefficient (Wildman–Crippen LogP) is 2.03. The van der Waals surface area contributed by atoms with Gasteiger partial charge in [-0.05, 0) is 25.1 Å². The van der Waals surface area contributed by atoms with Crippen molar-refractivity contribution >= 4 is 5.91 Å². The Morgan fingerprint density at radius 1 is 1.28 bits per heavy atom. The van der Waals surface area contributed by atoms with Crippen LogP contribution in [0.4, 0.5) is 0 Å². The van der Waals surface area contributed by atoms with Crippen molar-refractivity contribution in [1.29, 1.82) is 0 Å². The Balaban J connectivity index is 2.06. The van der Waals surface area contributed by atoms with Crippen molar-refractivity contribution in [3.8, 4) is 5.75 Å². The number of nitrogens with one attached hydrogen (secondary N) is 1. The third kappa shape index (κ3) is 2.66. The van der Waals surface area contributed by atoms with Crippen LogP contribution in [0, 0.1) is 6.92 Å². The third-order valence-corrected chi connectivity index (χ3v) is 2.68. The highest BCUT2D eigenvalue weighted by atomic mass is 16.3. The summed E-state index contributed by atoms with van der Waals surface area (Å²) in [4.78, 5) is 16.0. The van der Waals surface area contributed by atoms with Gasteiger partial charge in [0, 0.05) is 24.0 Å². The van der Waals surface area contributed by atoms with Crippen LogP contribution in [-0.4, -0.2) is 16.0 Å². The second-order valence-corrected chi connectivity index (χ2v) is 3.95. The van der Waals surface area contributed by atoms with E-state index >= 15 is 0 Å². The summed E-state index contributed by atoms with van der Waals surface area (Å²) in [6.07, 6.45) is 1.65. The van der Waals surface area contributed by atoms with Crippen molar-refractivity contribution in [1.82, 2.24) is 10.3 Å². The zero-order chi connectivity index (χ0) is 13.0. The molecule has 4 heteroatoms. The van der Waals surface area contributed by atoms with Gasteiger partial charge in [0.2, 0.25) is 0 Å². The minimum atomic E-state index is -0.191. The second-order valence-electron chi connectivity index (χ2n) is 3.95. The molecule has 1 amide bonds. The highest BCUT2D eigenvalue weighted by Gasteiger charge is 2.09. The smallest absolute Gasteiger partial charge is 0.253 e. The average molecular weight is 242 g/mol. The summed E-state index contributed by atoms with van der Waals surface area (Å²) in [7, 11) is 0. The topological polar surface area (TPSA) is 62.2 Å². The molecule has 0 saturated heterocycles. The van der Waals surface area contributed by atoms with E-state index in [1.54, 1.807) is 43.5 Å². The van der Waals surface area contributed by atoms with Crippen molar-refractivity contribution in [2.45, 2.75) is 13.5 Å². The molecule has 0 unspecified atom stereocenters. The summed E-state index contributed by atoms with van der Waals surface area (Å²) < 4.78 is 0. The average Bonchev–Trinajstić information content (AvgIpc) is 2.38. The quantitative estimate of drug-likeness (QED) is 0.865. The normalized spacial score (nSPS) is 10.1. The van der Waals surface area contributed by atoms with Crippen molar-refractivity contribution in [2.24, 2.45) is 0 Å². The molecule has 0 aliphatic rings. The number of carbonyl (C=O) groups is 1. The molecular weight excluding hydrogens is 228 g/mol. The maximum Gasteiger partial charge on any atom is 0.253 e. The Morgan fingerprint density at radius 3 is 2.78 bits per heavy atom. The van der Waals surface area contributed by atoms with Crippen LogP contribution in [0.25, 0.3) is 0 Å². The number of aromatic hydroxyl groups is 1. The summed E-state index contributed by atoms with van der Waals surface area (Å²) in [6.45, 7) is 2.08. The van der Waals surface area contributed by atoms with Gasteiger partial charge >= 0.3 is 0 Å². The van der Waals surface area contributed by atoms with E-state index in [1.807, 2.05) is 6.07 Å². The first-order chi connectivity index (χ1) is 8.68. The SMILES string of the molecule is Cc1ncccc1C(=O)NCc1ccccc1O. The number of aryl methyl sites for hydroxylation is 1. The number of hydrogen-bond acceptors (Lipinski definition) is 3. The molecule has 0 spiro atoms. The summed E-state index contributed by atoms with van der Waals surface area (Å²) in [5.74, 6) is -0.00967. The number of amides is 1. The Labute approximate surface area is 105 Å². The lowest BCUT2D eigenvalue weighted by Gasteiger charge is -2.08. The Hall–Kier alpha value is -2.36. The lowest BCUT2D eigenvalue weighted by molar-refractivity contribution is 0.0949. The molecule has 1 aromatic carbocycles. The van der Waals surface area contributed by atoms with Crippen LogP contribution in [-0.2, 0) is 6.54 Å². The fraction of sp³-hybridized carbons (Fsp3) is 0.143. The van der Waals surface area contributed by atoms with Crippen LogP contribution < -0.4 is 5.32 Å². The molecule has 2 rings (SSSR count). The molecule has 0 bridgehead atoms.